The maximum atomic E-state index is 11.9. The van der Waals surface area contributed by atoms with Gasteiger partial charge in [0.05, 0.1) is 17.5 Å². The molecule has 0 aliphatic heterocycles. The Labute approximate surface area is 146 Å². The third-order valence-electron chi connectivity index (χ3n) is 3.48. The molecule has 25 heavy (non-hydrogen) atoms. The van der Waals surface area contributed by atoms with Gasteiger partial charge in [-0.25, -0.2) is 9.59 Å². The summed E-state index contributed by atoms with van der Waals surface area (Å²) in [5.41, 5.74) is 1.87. The van der Waals surface area contributed by atoms with Gasteiger partial charge >= 0.3 is 17.9 Å². The van der Waals surface area contributed by atoms with Crippen molar-refractivity contribution in [3.63, 3.8) is 0 Å². The Kier molecular flexibility index (Phi) is 6.89. The van der Waals surface area contributed by atoms with Crippen LogP contribution in [0.1, 0.15) is 46.0 Å². The molecular formula is C20H20O5. The summed E-state index contributed by atoms with van der Waals surface area (Å²) in [6, 6.07) is 15.4. The van der Waals surface area contributed by atoms with Crippen LogP contribution in [0.25, 0.3) is 0 Å². The molecule has 0 atom stereocenters. The summed E-state index contributed by atoms with van der Waals surface area (Å²) in [7, 11) is 0. The lowest BCUT2D eigenvalue weighted by Gasteiger charge is -2.06. The molecule has 0 saturated heterocycles. The van der Waals surface area contributed by atoms with E-state index in [4.69, 9.17) is 9.47 Å². The zero-order valence-corrected chi connectivity index (χ0v) is 14.1. The third kappa shape index (κ3) is 5.88. The molecule has 0 aliphatic carbocycles. The highest BCUT2D eigenvalue weighted by atomic mass is 16.6. The van der Waals surface area contributed by atoms with Gasteiger partial charge in [0.15, 0.2) is 0 Å². The van der Waals surface area contributed by atoms with Crippen LogP contribution in [0, 0.1) is 0 Å². The number of ether oxygens (including phenoxy) is 2. The van der Waals surface area contributed by atoms with Crippen LogP contribution in [0.3, 0.4) is 0 Å². The molecule has 0 bridgehead atoms. The molecule has 0 N–H and O–H groups in total. The van der Waals surface area contributed by atoms with Gasteiger partial charge < -0.3 is 9.47 Å². The fourth-order valence-electron chi connectivity index (χ4n) is 2.19. The smallest absolute Gasteiger partial charge is 0.345 e. The average molecular weight is 340 g/mol. The number of carbonyl (C=O) groups is 3. The van der Waals surface area contributed by atoms with Crippen LogP contribution in [0.15, 0.2) is 54.6 Å². The topological polar surface area (TPSA) is 69.7 Å². The first-order valence-corrected chi connectivity index (χ1v) is 8.16. The molecule has 0 fully saturated rings. The van der Waals surface area contributed by atoms with Crippen LogP contribution in [-0.2, 0) is 20.7 Å². The molecule has 0 aliphatic rings. The number of hydrogen-bond donors (Lipinski definition) is 0. The third-order valence-corrected chi connectivity index (χ3v) is 3.48. The molecule has 5 heteroatoms. The monoisotopic (exact) mass is 340 g/mol. The van der Waals surface area contributed by atoms with Crippen molar-refractivity contribution < 1.29 is 23.9 Å². The van der Waals surface area contributed by atoms with Crippen molar-refractivity contribution in [3.05, 3.63) is 71.3 Å². The second-order valence-corrected chi connectivity index (χ2v) is 5.46. The van der Waals surface area contributed by atoms with Gasteiger partial charge in [-0.05, 0) is 36.2 Å². The van der Waals surface area contributed by atoms with E-state index in [0.29, 0.717) is 11.1 Å². The SMILES string of the molecule is CCCc1ccc(C(=O)OCCC(=O)OC(=O)c2ccccc2)cc1. The van der Waals surface area contributed by atoms with Crippen molar-refractivity contribution in [2.24, 2.45) is 0 Å². The quantitative estimate of drug-likeness (QED) is 0.569. The molecule has 0 unspecified atom stereocenters. The van der Waals surface area contributed by atoms with Gasteiger partial charge in [0, 0.05) is 0 Å². The summed E-state index contributed by atoms with van der Waals surface area (Å²) in [5.74, 6) is -1.96. The van der Waals surface area contributed by atoms with E-state index in [2.05, 4.69) is 6.92 Å². The van der Waals surface area contributed by atoms with Gasteiger partial charge in [-0.1, -0.05) is 43.7 Å². The fourth-order valence-corrected chi connectivity index (χ4v) is 2.19. The van der Waals surface area contributed by atoms with E-state index in [9.17, 15) is 14.4 Å². The zero-order chi connectivity index (χ0) is 18.1. The Balaban J connectivity index is 1.75. The fraction of sp³-hybridized carbons (Fsp3) is 0.250. The van der Waals surface area contributed by atoms with Crippen LogP contribution >= 0.6 is 0 Å². The number of benzene rings is 2. The van der Waals surface area contributed by atoms with Gasteiger partial charge in [-0.15, -0.1) is 0 Å². The summed E-state index contributed by atoms with van der Waals surface area (Å²) in [6.07, 6.45) is 1.81. The number of aryl methyl sites for hydroxylation is 1. The lowest BCUT2D eigenvalue weighted by molar-refractivity contribution is -0.138. The Morgan fingerprint density at radius 2 is 1.48 bits per heavy atom. The molecule has 5 nitrogen and oxygen atoms in total. The summed E-state index contributed by atoms with van der Waals surface area (Å²) in [4.78, 5) is 35.2. The van der Waals surface area contributed by atoms with Crippen molar-refractivity contribution in [3.8, 4) is 0 Å². The van der Waals surface area contributed by atoms with Gasteiger partial charge in [0.25, 0.3) is 0 Å². The van der Waals surface area contributed by atoms with E-state index in [-0.39, 0.29) is 13.0 Å². The Morgan fingerprint density at radius 1 is 0.840 bits per heavy atom. The molecule has 130 valence electrons. The normalized spacial score (nSPS) is 10.1. The van der Waals surface area contributed by atoms with Gasteiger partial charge in [-0.2, -0.15) is 0 Å². The van der Waals surface area contributed by atoms with Crippen molar-refractivity contribution in [2.75, 3.05) is 6.61 Å². The highest BCUT2D eigenvalue weighted by Crippen LogP contribution is 2.08. The van der Waals surface area contributed by atoms with Crippen molar-refractivity contribution in [1.82, 2.24) is 0 Å². The first-order valence-electron chi connectivity index (χ1n) is 8.16. The summed E-state index contributed by atoms with van der Waals surface area (Å²) >= 11 is 0. The minimum Gasteiger partial charge on any atom is -0.461 e. The van der Waals surface area contributed by atoms with E-state index in [0.717, 1.165) is 18.4 Å². The summed E-state index contributed by atoms with van der Waals surface area (Å²) < 4.78 is 9.73. The Morgan fingerprint density at radius 3 is 2.12 bits per heavy atom. The maximum absolute atomic E-state index is 11.9. The molecule has 0 radical (unpaired) electrons. The molecule has 2 aromatic carbocycles. The van der Waals surface area contributed by atoms with Crippen molar-refractivity contribution in [1.29, 1.82) is 0 Å². The van der Waals surface area contributed by atoms with Crippen LogP contribution in [0.4, 0.5) is 0 Å². The second-order valence-electron chi connectivity index (χ2n) is 5.46. The van der Waals surface area contributed by atoms with E-state index in [1.165, 1.54) is 0 Å². The largest absolute Gasteiger partial charge is 0.461 e. The van der Waals surface area contributed by atoms with Crippen LogP contribution in [-0.4, -0.2) is 24.5 Å². The standard InChI is InChI=1S/C20H20O5/c1-2-6-15-9-11-17(12-10-15)19(22)24-14-13-18(21)25-20(23)16-7-4-3-5-8-16/h3-5,7-12H,2,6,13-14H2,1H3. The van der Waals surface area contributed by atoms with E-state index in [1.54, 1.807) is 42.5 Å². The van der Waals surface area contributed by atoms with Crippen LogP contribution in [0.5, 0.6) is 0 Å². The number of hydrogen-bond acceptors (Lipinski definition) is 5. The predicted octanol–water partition coefficient (Wildman–Crippen LogP) is 3.57. The van der Waals surface area contributed by atoms with Gasteiger partial charge in [0.2, 0.25) is 0 Å². The van der Waals surface area contributed by atoms with E-state index < -0.39 is 17.9 Å². The highest BCUT2D eigenvalue weighted by Gasteiger charge is 2.14. The number of rotatable bonds is 7. The highest BCUT2D eigenvalue weighted by molar-refractivity contribution is 5.96. The molecule has 2 aromatic rings. The second kappa shape index (κ2) is 9.37. The minimum absolute atomic E-state index is 0.142. The van der Waals surface area contributed by atoms with Gasteiger partial charge in [-0.3, -0.25) is 4.79 Å². The molecule has 2 rings (SSSR count). The minimum atomic E-state index is -0.736. The van der Waals surface area contributed by atoms with E-state index in [1.807, 2.05) is 12.1 Å². The number of carbonyl (C=O) groups excluding carboxylic acids is 3. The molecular weight excluding hydrogens is 320 g/mol. The molecule has 0 saturated carbocycles. The molecule has 0 amide bonds. The first-order chi connectivity index (χ1) is 12.1. The van der Waals surface area contributed by atoms with Crippen LogP contribution in [0.2, 0.25) is 0 Å². The zero-order valence-electron chi connectivity index (χ0n) is 14.1. The molecule has 0 heterocycles. The molecule has 0 aromatic heterocycles. The molecule has 0 spiro atoms. The van der Waals surface area contributed by atoms with Crippen molar-refractivity contribution >= 4 is 17.9 Å². The Hall–Kier alpha value is -2.95. The summed E-state index contributed by atoms with van der Waals surface area (Å²) in [6.45, 7) is 1.94. The van der Waals surface area contributed by atoms with E-state index >= 15 is 0 Å². The Bertz CT molecular complexity index is 720. The average Bonchev–Trinajstić information content (AvgIpc) is 2.63. The summed E-state index contributed by atoms with van der Waals surface area (Å²) in [5, 5.41) is 0. The van der Waals surface area contributed by atoms with Crippen molar-refractivity contribution in [2.45, 2.75) is 26.2 Å². The lowest BCUT2D eigenvalue weighted by atomic mass is 10.1. The number of esters is 3. The van der Waals surface area contributed by atoms with Gasteiger partial charge in [0.1, 0.15) is 6.61 Å². The first kappa shape index (κ1) is 18.4. The maximum Gasteiger partial charge on any atom is 0.345 e. The predicted molar refractivity (Wildman–Crippen MR) is 92.2 cm³/mol. The van der Waals surface area contributed by atoms with Crippen LogP contribution < -0.4 is 0 Å². The lowest BCUT2D eigenvalue weighted by Crippen LogP contribution is -2.16.